The molecule has 3 rings (SSSR count). The van der Waals surface area contributed by atoms with Crippen LogP contribution in [0.1, 0.15) is 28.9 Å². The Bertz CT molecular complexity index is 915. The summed E-state index contributed by atoms with van der Waals surface area (Å²) in [6.45, 7) is 1.69. The van der Waals surface area contributed by atoms with Crippen molar-refractivity contribution in [3.63, 3.8) is 0 Å². The van der Waals surface area contributed by atoms with Crippen LogP contribution in [-0.2, 0) is 4.74 Å². The van der Waals surface area contributed by atoms with Crippen LogP contribution in [0.25, 0.3) is 10.9 Å². The number of carbonyl (C=O) groups is 1. The lowest BCUT2D eigenvalue weighted by Crippen LogP contribution is -2.14. The molecule has 0 saturated heterocycles. The minimum Gasteiger partial charge on any atom is -0.454 e. The molecule has 3 aromatic rings. The van der Waals surface area contributed by atoms with Gasteiger partial charge in [-0.3, -0.25) is 4.79 Å². The fourth-order valence-corrected chi connectivity index (χ4v) is 2.40. The summed E-state index contributed by atoms with van der Waals surface area (Å²) >= 11 is 0. The Hall–Kier alpha value is -2.95. The van der Waals surface area contributed by atoms with E-state index in [9.17, 15) is 14.0 Å². The number of halogens is 1. The molecule has 0 aliphatic rings. The fraction of sp³-hybridized carbons (Fsp3) is 0.111. The van der Waals surface area contributed by atoms with Gasteiger partial charge in [-0.1, -0.05) is 30.3 Å². The molecule has 1 heterocycles. The van der Waals surface area contributed by atoms with Crippen LogP contribution >= 0.6 is 0 Å². The topological polar surface area (TPSA) is 59.2 Å². The normalized spacial score (nSPS) is 12.1. The number of esters is 1. The maximum atomic E-state index is 13.0. The van der Waals surface area contributed by atoms with Crippen molar-refractivity contribution in [3.05, 3.63) is 81.9 Å². The number of H-pyrrole nitrogens is 1. The molecule has 2 aromatic carbocycles. The molecule has 5 heteroatoms. The third-order valence-corrected chi connectivity index (χ3v) is 3.59. The molecular formula is C18H14FNO3. The standard InChI is InChI=1S/C18H14FNO3/c1-11(12-6-8-13(19)9-7-12)23-18(22)15-10-17(21)20-16-5-3-2-4-14(15)16/h2-11H,1H3,(H,20,21)/t11-/m0/s1. The molecule has 23 heavy (non-hydrogen) atoms. The molecule has 0 fully saturated rings. The van der Waals surface area contributed by atoms with E-state index in [1.54, 1.807) is 43.3 Å². The highest BCUT2D eigenvalue weighted by Crippen LogP contribution is 2.21. The van der Waals surface area contributed by atoms with Gasteiger partial charge in [0, 0.05) is 17.0 Å². The third kappa shape index (κ3) is 3.13. The predicted molar refractivity (Wildman–Crippen MR) is 84.8 cm³/mol. The van der Waals surface area contributed by atoms with Gasteiger partial charge >= 0.3 is 5.97 Å². The number of carbonyl (C=O) groups excluding carboxylic acids is 1. The quantitative estimate of drug-likeness (QED) is 0.752. The zero-order valence-electron chi connectivity index (χ0n) is 12.4. The minimum absolute atomic E-state index is 0.207. The molecule has 0 radical (unpaired) electrons. The Morgan fingerprint density at radius 2 is 1.83 bits per heavy atom. The number of ether oxygens (including phenoxy) is 1. The molecule has 1 atom stereocenters. The van der Waals surface area contributed by atoms with Crippen LogP contribution in [0.2, 0.25) is 0 Å². The second kappa shape index (κ2) is 6.04. The highest BCUT2D eigenvalue weighted by molar-refractivity contribution is 6.03. The van der Waals surface area contributed by atoms with Crippen LogP contribution in [0.15, 0.2) is 59.4 Å². The lowest BCUT2D eigenvalue weighted by Gasteiger charge is -2.14. The molecule has 0 unspecified atom stereocenters. The third-order valence-electron chi connectivity index (χ3n) is 3.59. The van der Waals surface area contributed by atoms with E-state index >= 15 is 0 Å². The molecule has 0 spiro atoms. The van der Waals surface area contributed by atoms with Crippen molar-refractivity contribution in [2.24, 2.45) is 0 Å². The maximum absolute atomic E-state index is 13.0. The highest BCUT2D eigenvalue weighted by Gasteiger charge is 2.17. The van der Waals surface area contributed by atoms with E-state index in [2.05, 4.69) is 4.98 Å². The van der Waals surface area contributed by atoms with E-state index in [1.807, 2.05) is 0 Å². The Morgan fingerprint density at radius 1 is 1.13 bits per heavy atom. The van der Waals surface area contributed by atoms with E-state index in [0.717, 1.165) is 0 Å². The summed E-state index contributed by atoms with van der Waals surface area (Å²) in [6, 6.07) is 14.0. The predicted octanol–water partition coefficient (Wildman–Crippen LogP) is 3.59. The minimum atomic E-state index is -0.593. The number of aromatic amines is 1. The van der Waals surface area contributed by atoms with Gasteiger partial charge in [0.2, 0.25) is 5.56 Å². The molecule has 0 aliphatic heterocycles. The Morgan fingerprint density at radius 3 is 2.57 bits per heavy atom. The average Bonchev–Trinajstić information content (AvgIpc) is 2.54. The molecule has 0 aliphatic carbocycles. The average molecular weight is 311 g/mol. The lowest BCUT2D eigenvalue weighted by atomic mass is 10.1. The first-order valence-electron chi connectivity index (χ1n) is 7.13. The van der Waals surface area contributed by atoms with Gasteiger partial charge in [-0.05, 0) is 30.7 Å². The van der Waals surface area contributed by atoms with Gasteiger partial charge in [-0.15, -0.1) is 0 Å². The summed E-state index contributed by atoms with van der Waals surface area (Å²) in [5, 5.41) is 0.614. The Kier molecular flexibility index (Phi) is 3.93. The largest absolute Gasteiger partial charge is 0.454 e. The summed E-state index contributed by atoms with van der Waals surface area (Å²) in [4.78, 5) is 26.8. The van der Waals surface area contributed by atoms with Crippen molar-refractivity contribution in [2.45, 2.75) is 13.0 Å². The van der Waals surface area contributed by atoms with Crippen molar-refractivity contribution >= 4 is 16.9 Å². The van der Waals surface area contributed by atoms with Gasteiger partial charge in [0.15, 0.2) is 0 Å². The van der Waals surface area contributed by atoms with Crippen LogP contribution < -0.4 is 5.56 Å². The molecule has 0 saturated carbocycles. The number of pyridine rings is 1. The number of rotatable bonds is 3. The number of nitrogens with one attached hydrogen (secondary N) is 1. The van der Waals surface area contributed by atoms with E-state index in [0.29, 0.717) is 16.5 Å². The van der Waals surface area contributed by atoms with Gasteiger partial charge in [0.1, 0.15) is 11.9 Å². The number of aromatic nitrogens is 1. The van der Waals surface area contributed by atoms with Crippen molar-refractivity contribution in [1.29, 1.82) is 0 Å². The first-order chi connectivity index (χ1) is 11.0. The van der Waals surface area contributed by atoms with E-state index < -0.39 is 12.1 Å². The SMILES string of the molecule is C[C@H](OC(=O)c1cc(=O)[nH]c2ccccc12)c1ccc(F)cc1. The number of hydrogen-bond acceptors (Lipinski definition) is 3. The molecule has 0 bridgehead atoms. The Labute approximate surface area is 131 Å². The van der Waals surface area contributed by atoms with E-state index in [4.69, 9.17) is 4.74 Å². The summed E-state index contributed by atoms with van der Waals surface area (Å²) < 4.78 is 18.4. The van der Waals surface area contributed by atoms with Gasteiger partial charge < -0.3 is 9.72 Å². The lowest BCUT2D eigenvalue weighted by molar-refractivity contribution is 0.0340. The summed E-state index contributed by atoms with van der Waals surface area (Å²) in [5.41, 5.74) is 1.08. The van der Waals surface area contributed by atoms with Crippen molar-refractivity contribution in [1.82, 2.24) is 4.98 Å². The highest BCUT2D eigenvalue weighted by atomic mass is 19.1. The smallest absolute Gasteiger partial charge is 0.339 e. The monoisotopic (exact) mass is 311 g/mol. The summed E-state index contributed by atoms with van der Waals surface area (Å²) in [7, 11) is 0. The molecular weight excluding hydrogens is 297 g/mol. The first-order valence-corrected chi connectivity index (χ1v) is 7.13. The molecule has 1 N–H and O–H groups in total. The van der Waals surface area contributed by atoms with Crippen LogP contribution in [0.4, 0.5) is 4.39 Å². The van der Waals surface area contributed by atoms with E-state index in [1.165, 1.54) is 18.2 Å². The van der Waals surface area contributed by atoms with Crippen LogP contribution in [0, 0.1) is 5.82 Å². The van der Waals surface area contributed by atoms with Crippen LogP contribution in [0.3, 0.4) is 0 Å². The molecule has 1 aromatic heterocycles. The number of para-hydroxylation sites is 1. The van der Waals surface area contributed by atoms with Gasteiger partial charge in [-0.25, -0.2) is 9.18 Å². The van der Waals surface area contributed by atoms with Crippen LogP contribution in [-0.4, -0.2) is 11.0 Å². The van der Waals surface area contributed by atoms with Crippen molar-refractivity contribution in [3.8, 4) is 0 Å². The molecule has 0 amide bonds. The van der Waals surface area contributed by atoms with Gasteiger partial charge in [0.05, 0.1) is 5.56 Å². The summed E-state index contributed by atoms with van der Waals surface area (Å²) in [6.07, 6.45) is -0.554. The Balaban J connectivity index is 1.91. The van der Waals surface area contributed by atoms with Gasteiger partial charge in [-0.2, -0.15) is 0 Å². The first kappa shape index (κ1) is 15.0. The second-order valence-corrected chi connectivity index (χ2v) is 5.19. The number of hydrogen-bond donors (Lipinski definition) is 1. The zero-order chi connectivity index (χ0) is 16.4. The van der Waals surface area contributed by atoms with Crippen molar-refractivity contribution < 1.29 is 13.9 Å². The maximum Gasteiger partial charge on any atom is 0.339 e. The van der Waals surface area contributed by atoms with E-state index in [-0.39, 0.29) is 16.9 Å². The summed E-state index contributed by atoms with van der Waals surface area (Å²) in [5.74, 6) is -0.947. The zero-order valence-corrected chi connectivity index (χ0v) is 12.4. The second-order valence-electron chi connectivity index (χ2n) is 5.19. The molecule has 116 valence electrons. The van der Waals surface area contributed by atoms with Gasteiger partial charge in [0.25, 0.3) is 0 Å². The van der Waals surface area contributed by atoms with Crippen LogP contribution in [0.5, 0.6) is 0 Å². The molecule has 4 nitrogen and oxygen atoms in total. The fourth-order valence-electron chi connectivity index (χ4n) is 2.40. The van der Waals surface area contributed by atoms with Crippen molar-refractivity contribution in [2.75, 3.05) is 0 Å². The number of benzene rings is 2. The number of fused-ring (bicyclic) bond motifs is 1.